The van der Waals surface area contributed by atoms with Crippen LogP contribution < -0.4 is 37.4 Å². The Balaban J connectivity index is 0.00000324. The van der Waals surface area contributed by atoms with Gasteiger partial charge in [-0.15, -0.1) is 5.12 Å². The number of aromatic nitrogens is 1. The number of carboxylic acid groups (broad SMARTS) is 1. The van der Waals surface area contributed by atoms with Gasteiger partial charge in [-0.25, -0.2) is 9.78 Å². The number of amidine groups is 1. The highest BCUT2D eigenvalue weighted by Crippen LogP contribution is 2.29. The monoisotopic (exact) mass is 569 g/mol. The number of quaternary nitrogens is 1. The summed E-state index contributed by atoms with van der Waals surface area (Å²) in [4.78, 5) is 16.2. The second kappa shape index (κ2) is 10.1. The summed E-state index contributed by atoms with van der Waals surface area (Å²) in [5, 5.41) is 17.4. The third kappa shape index (κ3) is 5.53. The van der Waals surface area contributed by atoms with E-state index in [0.29, 0.717) is 28.0 Å². The van der Waals surface area contributed by atoms with Crippen LogP contribution in [0, 0.1) is 13.8 Å². The zero-order valence-electron chi connectivity index (χ0n) is 17.9. The highest BCUT2D eigenvalue weighted by Gasteiger charge is 2.33. The smallest absolute Gasteiger partial charge is 0.341 e. The molecule has 180 valence electrons. The average Bonchev–Trinajstić information content (AvgIpc) is 3.36. The first-order valence-electron chi connectivity index (χ1n) is 9.61. The van der Waals surface area contributed by atoms with Crippen molar-refractivity contribution in [2.24, 2.45) is 5.10 Å². The molecule has 4 rings (SSSR count). The molecule has 2 heterocycles. The van der Waals surface area contributed by atoms with Gasteiger partial charge in [0, 0.05) is 4.88 Å². The molecule has 0 amide bonds. The zero-order chi connectivity index (χ0) is 23.8. The number of halogens is 1. The van der Waals surface area contributed by atoms with E-state index >= 15 is 0 Å². The predicted molar refractivity (Wildman–Crippen MR) is 121 cm³/mol. The molecule has 4 N–H and O–H groups in total. The van der Waals surface area contributed by atoms with Crippen molar-refractivity contribution in [3.05, 3.63) is 64.7 Å². The number of carboxylic acids is 1. The van der Waals surface area contributed by atoms with E-state index in [1.165, 1.54) is 23.5 Å². The summed E-state index contributed by atoms with van der Waals surface area (Å²) in [6.07, 6.45) is 0. The van der Waals surface area contributed by atoms with E-state index in [4.69, 9.17) is 9.84 Å². The Morgan fingerprint density at radius 2 is 1.88 bits per heavy atom. The standard InChI is InChI=1S/C20H19N5O6S2.BrH/c1-12-13(2)32-20(21-12)25-23-19(14-4-3-5-16(10-14)31-11-18(26)27)22-24(25)15-6-8-17(9-7-15)33(28,29)30;/h3-10H,11H2,1-2H3,(H,22,23)(H,26,27)(H,28,29,30);1H. The maximum Gasteiger partial charge on any atom is 0.341 e. The molecule has 1 aliphatic rings. The number of hydrogen-bond donors (Lipinski definition) is 3. The number of rotatable bonds is 7. The maximum atomic E-state index is 11.4. The van der Waals surface area contributed by atoms with Crippen LogP contribution in [0.5, 0.6) is 5.75 Å². The Kier molecular flexibility index (Phi) is 7.57. The van der Waals surface area contributed by atoms with Crippen LogP contribution in [0.1, 0.15) is 16.1 Å². The highest BCUT2D eigenvalue weighted by molar-refractivity contribution is 7.85. The van der Waals surface area contributed by atoms with Gasteiger partial charge in [-0.05, 0) is 56.3 Å². The number of hydrazone groups is 1. The lowest BCUT2D eigenvalue weighted by Crippen LogP contribution is -3.00. The van der Waals surface area contributed by atoms with E-state index in [9.17, 15) is 17.8 Å². The second-order valence-corrected chi connectivity index (χ2v) is 9.67. The first-order valence-corrected chi connectivity index (χ1v) is 11.9. The molecule has 1 aliphatic heterocycles. The van der Waals surface area contributed by atoms with E-state index in [2.05, 4.69) is 10.1 Å². The molecule has 0 fully saturated rings. The maximum absolute atomic E-state index is 11.4. The van der Waals surface area contributed by atoms with Gasteiger partial charge in [-0.2, -0.15) is 13.8 Å². The number of nitrogens with zero attached hydrogens (tertiary/aromatic N) is 4. The number of benzene rings is 2. The molecule has 34 heavy (non-hydrogen) atoms. The molecule has 1 aromatic heterocycles. The minimum atomic E-state index is -4.32. The number of ether oxygens (including phenoxy) is 1. The first kappa shape index (κ1) is 25.6. The molecule has 0 radical (unpaired) electrons. The molecule has 0 unspecified atom stereocenters. The van der Waals surface area contributed by atoms with Gasteiger partial charge in [-0.1, -0.05) is 27.6 Å². The van der Waals surface area contributed by atoms with E-state index in [1.807, 2.05) is 19.9 Å². The largest absolute Gasteiger partial charge is 1.00 e. The Hall–Kier alpha value is -3.04. The lowest BCUT2D eigenvalue weighted by molar-refractivity contribution is -0.545. The fourth-order valence-electron chi connectivity index (χ4n) is 3.00. The number of hydrazine groups is 1. The van der Waals surface area contributed by atoms with Gasteiger partial charge in [0.2, 0.25) is 5.13 Å². The quantitative estimate of drug-likeness (QED) is 0.229. The van der Waals surface area contributed by atoms with Crippen molar-refractivity contribution < 1.29 is 50.0 Å². The number of aliphatic carboxylic acids is 1. The lowest BCUT2D eigenvalue weighted by atomic mass is 10.2. The summed E-state index contributed by atoms with van der Waals surface area (Å²) in [5.41, 5.74) is 3.88. The normalized spacial score (nSPS) is 13.4. The van der Waals surface area contributed by atoms with Crippen molar-refractivity contribution in [1.29, 1.82) is 0 Å². The summed E-state index contributed by atoms with van der Waals surface area (Å²) in [7, 11) is -4.32. The van der Waals surface area contributed by atoms with Crippen molar-refractivity contribution in [1.82, 2.24) is 4.98 Å². The molecule has 0 saturated heterocycles. The van der Waals surface area contributed by atoms with E-state index in [0.717, 1.165) is 10.6 Å². The molecule has 11 nitrogen and oxygen atoms in total. The second-order valence-electron chi connectivity index (χ2n) is 7.07. The first-order chi connectivity index (χ1) is 15.6. The molecule has 0 aliphatic carbocycles. The van der Waals surface area contributed by atoms with Gasteiger partial charge in [0.05, 0.1) is 16.2 Å². The van der Waals surface area contributed by atoms with Crippen molar-refractivity contribution >= 4 is 44.1 Å². The Morgan fingerprint density at radius 1 is 1.18 bits per heavy atom. The molecule has 0 spiro atoms. The number of anilines is 2. The van der Waals surface area contributed by atoms with Gasteiger partial charge in [-0.3, -0.25) is 4.55 Å². The van der Waals surface area contributed by atoms with E-state index in [-0.39, 0.29) is 21.9 Å². The van der Waals surface area contributed by atoms with Crippen LogP contribution in [0.3, 0.4) is 0 Å². The van der Waals surface area contributed by atoms with Gasteiger partial charge in [0.1, 0.15) is 11.4 Å². The molecule has 2 aromatic carbocycles. The molecular weight excluding hydrogens is 550 g/mol. The van der Waals surface area contributed by atoms with Crippen molar-refractivity contribution in [2.45, 2.75) is 18.7 Å². The van der Waals surface area contributed by atoms with Crippen LogP contribution in [0.2, 0.25) is 0 Å². The summed E-state index contributed by atoms with van der Waals surface area (Å²) < 4.78 is 37.3. The lowest BCUT2D eigenvalue weighted by Gasteiger charge is -2.21. The van der Waals surface area contributed by atoms with Crippen LogP contribution in [-0.2, 0) is 14.9 Å². The summed E-state index contributed by atoms with van der Waals surface area (Å²) in [6.45, 7) is 3.39. The third-order valence-electron chi connectivity index (χ3n) is 4.73. The van der Waals surface area contributed by atoms with Crippen LogP contribution in [0.15, 0.2) is 58.5 Å². The zero-order valence-corrected chi connectivity index (χ0v) is 21.1. The summed E-state index contributed by atoms with van der Waals surface area (Å²) in [5.74, 6) is -0.139. The van der Waals surface area contributed by atoms with Crippen molar-refractivity contribution in [3.8, 4) is 5.75 Å². The minimum Gasteiger partial charge on any atom is -1.00 e. The highest BCUT2D eigenvalue weighted by atomic mass is 79.9. The Morgan fingerprint density at radius 3 is 2.47 bits per heavy atom. The van der Waals surface area contributed by atoms with Crippen LogP contribution in [0.4, 0.5) is 10.8 Å². The molecule has 3 aromatic rings. The number of thiazole rings is 1. The molecule has 14 heteroatoms. The van der Waals surface area contributed by atoms with Crippen LogP contribution in [0.25, 0.3) is 0 Å². The van der Waals surface area contributed by atoms with Gasteiger partial charge >= 0.3 is 5.97 Å². The molecule has 0 atom stereocenters. The molecular formula is C20H20BrN5O6S2. The number of hydrogen-bond acceptors (Lipinski definition) is 9. The topological polar surface area (TPSA) is 149 Å². The predicted octanol–water partition coefficient (Wildman–Crippen LogP) is -1.44. The van der Waals surface area contributed by atoms with Gasteiger partial charge in [0.15, 0.2) is 6.61 Å². The fraction of sp³-hybridized carbons (Fsp3) is 0.150. The van der Waals surface area contributed by atoms with Crippen molar-refractivity contribution in [2.75, 3.05) is 16.8 Å². The van der Waals surface area contributed by atoms with E-state index in [1.54, 1.807) is 46.0 Å². The average molecular weight is 570 g/mol. The molecule has 0 bridgehead atoms. The van der Waals surface area contributed by atoms with Crippen LogP contribution in [-0.4, -0.2) is 41.5 Å². The molecule has 0 saturated carbocycles. The number of carbonyl (C=O) groups is 1. The number of nitrogens with two attached hydrogens (primary N) is 1. The van der Waals surface area contributed by atoms with E-state index < -0.39 is 22.7 Å². The van der Waals surface area contributed by atoms with Gasteiger partial charge in [0.25, 0.3) is 16.0 Å². The van der Waals surface area contributed by atoms with Crippen LogP contribution >= 0.6 is 11.3 Å². The Bertz CT molecular complexity index is 1320. The number of aryl methyl sites for hydroxylation is 2. The third-order valence-corrected chi connectivity index (χ3v) is 6.64. The minimum absolute atomic E-state index is 0. The van der Waals surface area contributed by atoms with Crippen molar-refractivity contribution in [3.63, 3.8) is 0 Å². The summed E-state index contributed by atoms with van der Waals surface area (Å²) in [6, 6.07) is 12.6. The SMILES string of the molecule is Cc1nc(N2N=C(c3cccc(OCC(=O)O)c3)[NH2+]N2c2ccc(S(=O)(=O)O)cc2)sc1C.[Br-]. The fourth-order valence-corrected chi connectivity index (χ4v) is 4.34. The Labute approximate surface area is 209 Å². The van der Waals surface area contributed by atoms with Gasteiger partial charge < -0.3 is 26.8 Å². The summed E-state index contributed by atoms with van der Waals surface area (Å²) >= 11 is 1.45.